The van der Waals surface area contributed by atoms with Crippen molar-refractivity contribution < 1.29 is 4.79 Å². The van der Waals surface area contributed by atoms with Gasteiger partial charge in [-0.05, 0) is 36.6 Å². The third-order valence-electron chi connectivity index (χ3n) is 3.31. The summed E-state index contributed by atoms with van der Waals surface area (Å²) in [5.41, 5.74) is 7.32. The number of aromatic nitrogens is 2. The summed E-state index contributed by atoms with van der Waals surface area (Å²) in [7, 11) is 0. The summed E-state index contributed by atoms with van der Waals surface area (Å²) in [5, 5.41) is 2.99. The average molecular weight is 359 g/mol. The SMILES string of the molecule is CC(C)CC(CN)NC(=O)c1ccc(-n2ccnc2)cc1.Cl.Cl. The minimum Gasteiger partial charge on any atom is -0.348 e. The highest BCUT2D eigenvalue weighted by molar-refractivity contribution is 5.94. The Kier molecular flexibility index (Phi) is 9.56. The van der Waals surface area contributed by atoms with E-state index in [2.05, 4.69) is 24.1 Å². The smallest absolute Gasteiger partial charge is 0.251 e. The second-order valence-electron chi connectivity index (χ2n) is 5.55. The molecule has 5 nitrogen and oxygen atoms in total. The predicted molar refractivity (Wildman–Crippen MR) is 97.8 cm³/mol. The van der Waals surface area contributed by atoms with Gasteiger partial charge in [-0.2, -0.15) is 0 Å². The van der Waals surface area contributed by atoms with E-state index in [1.807, 2.05) is 35.0 Å². The molecule has 1 atom stereocenters. The molecule has 3 N–H and O–H groups in total. The minimum atomic E-state index is -0.0803. The van der Waals surface area contributed by atoms with Crippen LogP contribution in [-0.4, -0.2) is 28.0 Å². The summed E-state index contributed by atoms with van der Waals surface area (Å²) in [6, 6.07) is 7.44. The number of carbonyl (C=O) groups excluding carboxylic acids is 1. The minimum absolute atomic E-state index is 0. The first-order chi connectivity index (χ1) is 10.1. The van der Waals surface area contributed by atoms with Crippen molar-refractivity contribution in [2.24, 2.45) is 11.7 Å². The van der Waals surface area contributed by atoms with Crippen LogP contribution in [0.2, 0.25) is 0 Å². The molecule has 0 spiro atoms. The second kappa shape index (κ2) is 10.3. The van der Waals surface area contributed by atoms with E-state index in [9.17, 15) is 4.79 Å². The average Bonchev–Trinajstić information content (AvgIpc) is 3.00. The number of benzene rings is 1. The maximum absolute atomic E-state index is 12.2. The van der Waals surface area contributed by atoms with Crippen molar-refractivity contribution in [1.29, 1.82) is 0 Å². The highest BCUT2D eigenvalue weighted by atomic mass is 35.5. The number of halogens is 2. The van der Waals surface area contributed by atoms with Crippen LogP contribution < -0.4 is 11.1 Å². The van der Waals surface area contributed by atoms with E-state index in [0.29, 0.717) is 18.0 Å². The molecule has 128 valence electrons. The van der Waals surface area contributed by atoms with E-state index >= 15 is 0 Å². The molecule has 23 heavy (non-hydrogen) atoms. The predicted octanol–water partition coefficient (Wildman–Crippen LogP) is 2.82. The Bertz CT molecular complexity index is 570. The number of hydrogen-bond donors (Lipinski definition) is 2. The van der Waals surface area contributed by atoms with Crippen molar-refractivity contribution in [3.8, 4) is 5.69 Å². The number of rotatable bonds is 6. The zero-order valence-electron chi connectivity index (χ0n) is 13.3. The Morgan fingerprint density at radius 2 is 1.91 bits per heavy atom. The highest BCUT2D eigenvalue weighted by Crippen LogP contribution is 2.10. The monoisotopic (exact) mass is 358 g/mol. The largest absolute Gasteiger partial charge is 0.348 e. The van der Waals surface area contributed by atoms with Crippen LogP contribution in [-0.2, 0) is 0 Å². The van der Waals surface area contributed by atoms with Crippen molar-refractivity contribution in [3.63, 3.8) is 0 Å². The Morgan fingerprint density at radius 3 is 2.39 bits per heavy atom. The van der Waals surface area contributed by atoms with Crippen molar-refractivity contribution in [2.75, 3.05) is 6.54 Å². The molecule has 1 amide bonds. The van der Waals surface area contributed by atoms with Gasteiger partial charge in [0.25, 0.3) is 5.91 Å². The van der Waals surface area contributed by atoms with E-state index in [0.717, 1.165) is 12.1 Å². The van der Waals surface area contributed by atoms with Gasteiger partial charge in [0.05, 0.1) is 6.33 Å². The fourth-order valence-electron chi connectivity index (χ4n) is 2.25. The van der Waals surface area contributed by atoms with Gasteiger partial charge in [0.1, 0.15) is 0 Å². The van der Waals surface area contributed by atoms with Crippen molar-refractivity contribution in [3.05, 3.63) is 48.5 Å². The first-order valence-corrected chi connectivity index (χ1v) is 7.19. The van der Waals surface area contributed by atoms with Gasteiger partial charge in [0.15, 0.2) is 0 Å². The highest BCUT2D eigenvalue weighted by Gasteiger charge is 2.13. The molecule has 0 saturated carbocycles. The number of nitrogens with one attached hydrogen (secondary N) is 1. The Morgan fingerprint density at radius 1 is 1.26 bits per heavy atom. The van der Waals surface area contributed by atoms with Gasteiger partial charge < -0.3 is 15.6 Å². The normalized spacial score (nSPS) is 11.3. The maximum Gasteiger partial charge on any atom is 0.251 e. The Labute approximate surface area is 149 Å². The van der Waals surface area contributed by atoms with Gasteiger partial charge in [-0.15, -0.1) is 24.8 Å². The van der Waals surface area contributed by atoms with Crippen molar-refractivity contribution >= 4 is 30.7 Å². The van der Waals surface area contributed by atoms with E-state index in [1.165, 1.54) is 0 Å². The maximum atomic E-state index is 12.2. The summed E-state index contributed by atoms with van der Waals surface area (Å²) in [4.78, 5) is 16.2. The molecular formula is C16H24Cl2N4O. The van der Waals surface area contributed by atoms with Gasteiger partial charge in [-0.1, -0.05) is 13.8 Å². The standard InChI is InChI=1S/C16H22N4O.2ClH/c1-12(2)9-14(10-17)19-16(21)13-3-5-15(6-4-13)20-8-7-18-11-20;;/h3-8,11-12,14H,9-10,17H2,1-2H3,(H,19,21);2*1H. The lowest BCUT2D eigenvalue weighted by Gasteiger charge is -2.18. The summed E-state index contributed by atoms with van der Waals surface area (Å²) >= 11 is 0. The van der Waals surface area contributed by atoms with Crippen LogP contribution in [0.1, 0.15) is 30.6 Å². The first-order valence-electron chi connectivity index (χ1n) is 7.19. The molecule has 1 aromatic heterocycles. The molecule has 1 unspecified atom stereocenters. The lowest BCUT2D eigenvalue weighted by molar-refractivity contribution is 0.0934. The van der Waals surface area contributed by atoms with E-state index in [-0.39, 0.29) is 36.8 Å². The van der Waals surface area contributed by atoms with Crippen LogP contribution in [0, 0.1) is 5.92 Å². The molecule has 0 aliphatic carbocycles. The molecule has 0 aliphatic rings. The topological polar surface area (TPSA) is 72.9 Å². The zero-order chi connectivity index (χ0) is 15.2. The van der Waals surface area contributed by atoms with Gasteiger partial charge >= 0.3 is 0 Å². The van der Waals surface area contributed by atoms with Gasteiger partial charge in [0.2, 0.25) is 0 Å². The molecule has 0 saturated heterocycles. The molecule has 0 radical (unpaired) electrons. The third kappa shape index (κ3) is 6.22. The molecule has 0 fully saturated rings. The number of nitrogens with two attached hydrogens (primary N) is 1. The van der Waals surface area contributed by atoms with Gasteiger partial charge in [-0.3, -0.25) is 4.79 Å². The summed E-state index contributed by atoms with van der Waals surface area (Å²) in [6.07, 6.45) is 6.19. The molecule has 2 aromatic rings. The van der Waals surface area contributed by atoms with Crippen molar-refractivity contribution in [2.45, 2.75) is 26.3 Å². The quantitative estimate of drug-likeness (QED) is 0.833. The number of imidazole rings is 1. The molecule has 2 rings (SSSR count). The fraction of sp³-hybridized carbons (Fsp3) is 0.375. The number of carbonyl (C=O) groups is 1. The number of amides is 1. The molecule has 0 bridgehead atoms. The van der Waals surface area contributed by atoms with Crippen LogP contribution in [0.5, 0.6) is 0 Å². The summed E-state index contributed by atoms with van der Waals surface area (Å²) < 4.78 is 1.89. The van der Waals surface area contributed by atoms with E-state index in [1.54, 1.807) is 12.5 Å². The Balaban J connectivity index is 0.00000242. The lowest BCUT2D eigenvalue weighted by atomic mass is 10.0. The fourth-order valence-corrected chi connectivity index (χ4v) is 2.25. The molecule has 0 aliphatic heterocycles. The van der Waals surface area contributed by atoms with Crippen LogP contribution in [0.3, 0.4) is 0 Å². The number of hydrogen-bond acceptors (Lipinski definition) is 3. The summed E-state index contributed by atoms with van der Waals surface area (Å²) in [5.74, 6) is 0.422. The first kappa shape index (κ1) is 21.4. The lowest BCUT2D eigenvalue weighted by Crippen LogP contribution is -2.41. The zero-order valence-corrected chi connectivity index (χ0v) is 14.9. The molecule has 1 aromatic carbocycles. The molecular weight excluding hydrogens is 335 g/mol. The van der Waals surface area contributed by atoms with E-state index in [4.69, 9.17) is 5.73 Å². The second-order valence-corrected chi connectivity index (χ2v) is 5.55. The molecule has 7 heteroatoms. The molecule has 1 heterocycles. The van der Waals surface area contributed by atoms with Crippen LogP contribution in [0.4, 0.5) is 0 Å². The van der Waals surface area contributed by atoms with Crippen LogP contribution in [0.25, 0.3) is 5.69 Å². The van der Waals surface area contributed by atoms with Crippen LogP contribution in [0.15, 0.2) is 43.0 Å². The van der Waals surface area contributed by atoms with Gasteiger partial charge in [-0.25, -0.2) is 4.98 Å². The summed E-state index contributed by atoms with van der Waals surface area (Å²) in [6.45, 7) is 4.69. The van der Waals surface area contributed by atoms with Gasteiger partial charge in [0, 0.05) is 36.2 Å². The van der Waals surface area contributed by atoms with E-state index < -0.39 is 0 Å². The van der Waals surface area contributed by atoms with Crippen LogP contribution >= 0.6 is 24.8 Å². The number of nitrogens with zero attached hydrogens (tertiary/aromatic N) is 2. The third-order valence-corrected chi connectivity index (χ3v) is 3.31. The van der Waals surface area contributed by atoms with Crippen molar-refractivity contribution in [1.82, 2.24) is 14.9 Å². The Hall–Kier alpha value is -1.56.